The minimum Gasteiger partial charge on any atom is -0.507 e. The predicted molar refractivity (Wildman–Crippen MR) is 131 cm³/mol. The summed E-state index contributed by atoms with van der Waals surface area (Å²) in [6.45, 7) is 1.09. The quantitative estimate of drug-likeness (QED) is 0.229. The molecule has 0 aliphatic carbocycles. The van der Waals surface area contributed by atoms with Crippen LogP contribution in [0.25, 0.3) is 21.8 Å². The number of H-pyrrole nitrogens is 1. The highest BCUT2D eigenvalue weighted by Gasteiger charge is 2.19. The molecule has 5 N–H and O–H groups in total. The van der Waals surface area contributed by atoms with Crippen LogP contribution in [-0.4, -0.2) is 50.4 Å². The molecule has 0 spiro atoms. The van der Waals surface area contributed by atoms with Gasteiger partial charge in [0.2, 0.25) is 10.0 Å². The van der Waals surface area contributed by atoms with Gasteiger partial charge < -0.3 is 25.3 Å². The molecule has 0 unspecified atom stereocenters. The van der Waals surface area contributed by atoms with E-state index in [4.69, 9.17) is 4.74 Å². The number of aliphatic hydroxyl groups excluding tert-OH is 1. The minimum atomic E-state index is -3.82. The number of aromatic nitrogens is 1. The lowest BCUT2D eigenvalue weighted by atomic mass is 10.1. The van der Waals surface area contributed by atoms with Gasteiger partial charge in [-0.2, -0.15) is 0 Å². The number of sulfonamides is 1. The number of rotatable bonds is 9. The Balaban J connectivity index is 0.00000306. The first kappa shape index (κ1) is 24.8. The van der Waals surface area contributed by atoms with Crippen LogP contribution in [-0.2, 0) is 10.0 Å². The van der Waals surface area contributed by atoms with Gasteiger partial charge in [0.1, 0.15) is 23.0 Å². The minimum absolute atomic E-state index is 0. The van der Waals surface area contributed by atoms with Crippen LogP contribution in [0.15, 0.2) is 65.6 Å². The maximum Gasteiger partial charge on any atom is 0.243 e. The van der Waals surface area contributed by atoms with E-state index in [1.807, 2.05) is 36.4 Å². The summed E-state index contributed by atoms with van der Waals surface area (Å²) in [5, 5.41) is 25.6. The smallest absolute Gasteiger partial charge is 0.243 e. The molecule has 0 aliphatic rings. The van der Waals surface area contributed by atoms with E-state index in [2.05, 4.69) is 21.1 Å². The number of hydrogen-bond acceptors (Lipinski definition) is 6. The zero-order valence-electron chi connectivity index (χ0n) is 17.9. The van der Waals surface area contributed by atoms with E-state index < -0.39 is 16.1 Å². The number of aromatic amines is 1. The van der Waals surface area contributed by atoms with E-state index in [9.17, 15) is 18.6 Å². The van der Waals surface area contributed by atoms with Crippen LogP contribution in [0.5, 0.6) is 11.5 Å². The van der Waals surface area contributed by atoms with Gasteiger partial charge in [0.15, 0.2) is 0 Å². The number of hydrogen-bond donors (Lipinski definition) is 5. The number of phenolic OH excluding ortho intramolecular Hbond substituents is 1. The van der Waals surface area contributed by atoms with Crippen molar-refractivity contribution in [1.29, 1.82) is 0 Å². The summed E-state index contributed by atoms with van der Waals surface area (Å²) in [4.78, 5) is 3.11. The molecule has 10 heteroatoms. The molecule has 0 radical (unpaired) electrons. The summed E-state index contributed by atoms with van der Waals surface area (Å²) < 4.78 is 31.9. The van der Waals surface area contributed by atoms with Gasteiger partial charge in [-0.05, 0) is 42.9 Å². The first-order chi connectivity index (χ1) is 15.4. The molecule has 1 atom stereocenters. The average molecular weight is 492 g/mol. The number of nitrogens with one attached hydrogen (secondary N) is 3. The predicted octanol–water partition coefficient (Wildman–Crippen LogP) is 3.06. The normalized spacial score (nSPS) is 12.5. The van der Waals surface area contributed by atoms with Crippen molar-refractivity contribution in [3.05, 3.63) is 66.2 Å². The Hall–Kier alpha value is -2.82. The van der Waals surface area contributed by atoms with Crippen molar-refractivity contribution >= 4 is 44.2 Å². The lowest BCUT2D eigenvalue weighted by molar-refractivity contribution is 0.171. The lowest BCUT2D eigenvalue weighted by Gasteiger charge is -2.14. The summed E-state index contributed by atoms with van der Waals surface area (Å²) >= 11 is 0. The van der Waals surface area contributed by atoms with E-state index in [1.54, 1.807) is 0 Å². The van der Waals surface area contributed by atoms with Crippen molar-refractivity contribution in [3.63, 3.8) is 0 Å². The summed E-state index contributed by atoms with van der Waals surface area (Å²) in [6.07, 6.45) is -0.941. The molecule has 0 saturated heterocycles. The van der Waals surface area contributed by atoms with Crippen LogP contribution in [0.4, 0.5) is 0 Å². The molecule has 3 aromatic carbocycles. The Morgan fingerprint density at radius 3 is 2.58 bits per heavy atom. The third-order valence-electron chi connectivity index (χ3n) is 5.29. The Kier molecular flexibility index (Phi) is 7.83. The maximum atomic E-state index is 12.0. The number of aromatic hydroxyl groups is 1. The van der Waals surface area contributed by atoms with Crippen LogP contribution in [0.2, 0.25) is 0 Å². The molecule has 1 heterocycles. The molecule has 0 fully saturated rings. The lowest BCUT2D eigenvalue weighted by Crippen LogP contribution is -2.26. The van der Waals surface area contributed by atoms with Gasteiger partial charge >= 0.3 is 0 Å². The van der Waals surface area contributed by atoms with Gasteiger partial charge in [-0.1, -0.05) is 24.3 Å². The molecule has 4 aromatic rings. The number of aliphatic hydroxyl groups is 1. The van der Waals surface area contributed by atoms with E-state index >= 15 is 0 Å². The fourth-order valence-electron chi connectivity index (χ4n) is 3.58. The van der Waals surface area contributed by atoms with Crippen LogP contribution in [0.3, 0.4) is 0 Å². The molecule has 0 bridgehead atoms. The summed E-state index contributed by atoms with van der Waals surface area (Å²) in [5.74, 6) is 0.371. The molecule has 0 saturated carbocycles. The van der Waals surface area contributed by atoms with Crippen molar-refractivity contribution in [3.8, 4) is 11.5 Å². The summed E-state index contributed by atoms with van der Waals surface area (Å²) in [7, 11) is -2.56. The van der Waals surface area contributed by atoms with Gasteiger partial charge in [0.05, 0.1) is 11.6 Å². The molecule has 1 aromatic heterocycles. The monoisotopic (exact) mass is 491 g/mol. The second kappa shape index (κ2) is 10.4. The number of fused-ring (bicyclic) bond motifs is 3. The number of phenols is 1. The number of halogens is 1. The SMILES string of the molecule is CNS(=O)(=O)c1cc([C@@H](O)CNCCOc2ccc3c(c2)[nH]c2ccccc23)ccc1O.Cl. The molecule has 0 aliphatic heterocycles. The molecular weight excluding hydrogens is 466 g/mol. The maximum absolute atomic E-state index is 12.0. The third-order valence-corrected chi connectivity index (χ3v) is 6.73. The molecule has 0 amide bonds. The standard InChI is InChI=1S/C23H25N3O5S.ClH/c1-24-32(29,30)23-12-15(6-9-21(23)27)22(28)14-25-10-11-31-16-7-8-18-17-4-2-3-5-19(17)26-20(18)13-16;/h2-9,12-13,22,24-28H,10-11,14H2,1H3;1H/t22-;/m0./s1. The Labute approximate surface area is 198 Å². The van der Waals surface area contributed by atoms with Crippen LogP contribution in [0.1, 0.15) is 11.7 Å². The highest BCUT2D eigenvalue weighted by Crippen LogP contribution is 2.28. The first-order valence-corrected chi connectivity index (χ1v) is 11.7. The topological polar surface area (TPSA) is 124 Å². The average Bonchev–Trinajstić information content (AvgIpc) is 3.16. The first-order valence-electron chi connectivity index (χ1n) is 10.2. The second-order valence-electron chi connectivity index (χ2n) is 7.38. The van der Waals surface area contributed by atoms with Gasteiger partial charge in [0.25, 0.3) is 0 Å². The fraction of sp³-hybridized carbons (Fsp3) is 0.217. The number of benzene rings is 3. The fourth-order valence-corrected chi connectivity index (χ4v) is 4.44. The van der Waals surface area contributed by atoms with Crippen molar-refractivity contribution in [2.75, 3.05) is 26.7 Å². The van der Waals surface area contributed by atoms with Gasteiger partial charge in [-0.3, -0.25) is 0 Å². The molecule has 8 nitrogen and oxygen atoms in total. The Morgan fingerprint density at radius 1 is 1.03 bits per heavy atom. The Morgan fingerprint density at radius 2 is 1.79 bits per heavy atom. The van der Waals surface area contributed by atoms with Crippen LogP contribution in [0, 0.1) is 0 Å². The van der Waals surface area contributed by atoms with E-state index in [1.165, 1.54) is 30.6 Å². The second-order valence-corrected chi connectivity index (χ2v) is 9.24. The largest absolute Gasteiger partial charge is 0.507 e. The van der Waals surface area contributed by atoms with E-state index in [0.717, 1.165) is 22.2 Å². The van der Waals surface area contributed by atoms with Crippen molar-refractivity contribution in [2.45, 2.75) is 11.0 Å². The molecule has 176 valence electrons. The molecule has 4 rings (SSSR count). The number of ether oxygens (including phenoxy) is 1. The van der Waals surface area contributed by atoms with Crippen molar-refractivity contribution in [2.24, 2.45) is 0 Å². The zero-order valence-corrected chi connectivity index (χ0v) is 19.5. The summed E-state index contributed by atoms with van der Waals surface area (Å²) in [5.41, 5.74) is 2.47. The van der Waals surface area contributed by atoms with E-state index in [0.29, 0.717) is 18.7 Å². The van der Waals surface area contributed by atoms with Crippen LogP contribution >= 0.6 is 12.4 Å². The summed E-state index contributed by atoms with van der Waals surface area (Å²) in [6, 6.07) is 18.1. The zero-order chi connectivity index (χ0) is 22.7. The third kappa shape index (κ3) is 5.40. The van der Waals surface area contributed by atoms with Gasteiger partial charge in [0, 0.05) is 35.4 Å². The van der Waals surface area contributed by atoms with Gasteiger partial charge in [-0.15, -0.1) is 12.4 Å². The van der Waals surface area contributed by atoms with E-state index in [-0.39, 0.29) is 29.6 Å². The van der Waals surface area contributed by atoms with Crippen molar-refractivity contribution in [1.82, 2.24) is 15.0 Å². The number of para-hydroxylation sites is 1. The van der Waals surface area contributed by atoms with Gasteiger partial charge in [-0.25, -0.2) is 13.1 Å². The Bertz CT molecular complexity index is 1360. The molecule has 33 heavy (non-hydrogen) atoms. The highest BCUT2D eigenvalue weighted by molar-refractivity contribution is 7.89. The van der Waals surface area contributed by atoms with Crippen molar-refractivity contribution < 1.29 is 23.4 Å². The van der Waals surface area contributed by atoms with Crippen LogP contribution < -0.4 is 14.8 Å². The molecular formula is C23H26ClN3O5S. The highest BCUT2D eigenvalue weighted by atomic mass is 35.5.